The number of carbonyl (C=O) groups is 1. The largest absolute Gasteiger partial charge is 0.508 e. The van der Waals surface area contributed by atoms with Crippen LogP contribution in [0.2, 0.25) is 0 Å². The molecule has 0 aliphatic heterocycles. The standard InChI is InChI=1S/C21H19F2N5O.C10H11NO/c22-16-7-13(8-17(23)11-16)9-19(27-12-29)20-18(5-2-6-26-20)14-3-1-4-15(10-14)21(24)28-25;1-2-7-6-11-10-4-3-8(12)5-9(7)10/h1-8,10-12,19H,9,25H2,(H2,24,28)(H,27,29);3-6,11-12H,2H2,1H3. The summed E-state index contributed by atoms with van der Waals surface area (Å²) in [6.45, 7) is 2.10. The van der Waals surface area contributed by atoms with E-state index < -0.39 is 17.7 Å². The van der Waals surface area contributed by atoms with Crippen molar-refractivity contribution < 1.29 is 18.7 Å². The summed E-state index contributed by atoms with van der Waals surface area (Å²) < 4.78 is 27.2. The van der Waals surface area contributed by atoms with E-state index in [-0.39, 0.29) is 12.3 Å². The molecule has 0 aliphatic carbocycles. The minimum Gasteiger partial charge on any atom is -0.508 e. The molecule has 0 bridgehead atoms. The molecule has 5 aromatic rings. The van der Waals surface area contributed by atoms with Crippen molar-refractivity contribution in [2.75, 3.05) is 0 Å². The molecule has 1 amide bonds. The van der Waals surface area contributed by atoms with Crippen LogP contribution in [0.4, 0.5) is 8.78 Å². The fraction of sp³-hybridized carbons (Fsp3) is 0.129. The van der Waals surface area contributed by atoms with Gasteiger partial charge in [0.2, 0.25) is 6.41 Å². The van der Waals surface area contributed by atoms with Gasteiger partial charge in [0.05, 0.1) is 11.7 Å². The molecule has 210 valence electrons. The van der Waals surface area contributed by atoms with Crippen molar-refractivity contribution in [1.29, 1.82) is 0 Å². The monoisotopic (exact) mass is 556 g/mol. The Hall–Kier alpha value is -5.25. The number of carbonyl (C=O) groups excluding carboxylic acids is 1. The van der Waals surface area contributed by atoms with Crippen LogP contribution in [0.25, 0.3) is 22.0 Å². The van der Waals surface area contributed by atoms with Gasteiger partial charge in [-0.2, -0.15) is 5.10 Å². The molecule has 10 heteroatoms. The van der Waals surface area contributed by atoms with E-state index >= 15 is 0 Å². The molecule has 0 fully saturated rings. The van der Waals surface area contributed by atoms with Gasteiger partial charge in [0.1, 0.15) is 23.2 Å². The molecule has 0 spiro atoms. The summed E-state index contributed by atoms with van der Waals surface area (Å²) in [7, 11) is 0. The molecular formula is C31H30F2N6O2. The maximum Gasteiger partial charge on any atom is 0.207 e. The molecule has 1 atom stereocenters. The first-order chi connectivity index (χ1) is 19.8. The number of pyridine rings is 1. The van der Waals surface area contributed by atoms with Crippen LogP contribution in [-0.4, -0.2) is 27.3 Å². The fourth-order valence-electron chi connectivity index (χ4n) is 4.60. The summed E-state index contributed by atoms with van der Waals surface area (Å²) in [4.78, 5) is 18.8. The highest BCUT2D eigenvalue weighted by atomic mass is 19.1. The van der Waals surface area contributed by atoms with Crippen LogP contribution in [0.5, 0.6) is 5.75 Å². The summed E-state index contributed by atoms with van der Waals surface area (Å²) in [5, 5.41) is 16.6. The first kappa shape index (κ1) is 28.8. The van der Waals surface area contributed by atoms with Crippen LogP contribution in [0.3, 0.4) is 0 Å². The van der Waals surface area contributed by atoms with Crippen LogP contribution in [0.1, 0.15) is 35.3 Å². The average molecular weight is 557 g/mol. The number of nitrogens with one attached hydrogen (secondary N) is 2. The summed E-state index contributed by atoms with van der Waals surface area (Å²) in [5.41, 5.74) is 11.2. The summed E-state index contributed by atoms with van der Waals surface area (Å²) in [6.07, 6.45) is 5.26. The molecular weight excluding hydrogens is 526 g/mol. The Morgan fingerprint density at radius 3 is 2.59 bits per heavy atom. The minimum absolute atomic E-state index is 0.156. The van der Waals surface area contributed by atoms with E-state index in [2.05, 4.69) is 27.3 Å². The van der Waals surface area contributed by atoms with E-state index in [0.717, 1.165) is 34.5 Å². The maximum absolute atomic E-state index is 13.6. The van der Waals surface area contributed by atoms with Crippen molar-refractivity contribution in [2.45, 2.75) is 25.8 Å². The van der Waals surface area contributed by atoms with Gasteiger partial charge < -0.3 is 27.0 Å². The number of hydrogen-bond donors (Lipinski definition) is 5. The number of amidine groups is 1. The number of H-pyrrole nitrogens is 1. The zero-order chi connectivity index (χ0) is 29.4. The van der Waals surface area contributed by atoms with Crippen LogP contribution in [0, 0.1) is 11.6 Å². The van der Waals surface area contributed by atoms with Gasteiger partial charge in [-0.25, -0.2) is 8.78 Å². The number of phenols is 1. The van der Waals surface area contributed by atoms with Crippen molar-refractivity contribution in [3.05, 3.63) is 119 Å². The number of aryl methyl sites for hydroxylation is 1. The average Bonchev–Trinajstić information content (AvgIpc) is 3.38. The number of aromatic hydroxyl groups is 1. The number of fused-ring (bicyclic) bond motifs is 1. The van der Waals surface area contributed by atoms with Crippen LogP contribution in [0.15, 0.2) is 90.3 Å². The third kappa shape index (κ3) is 7.04. The van der Waals surface area contributed by atoms with Gasteiger partial charge in [-0.05, 0) is 72.0 Å². The lowest BCUT2D eigenvalue weighted by molar-refractivity contribution is -0.110. The van der Waals surface area contributed by atoms with Gasteiger partial charge in [-0.3, -0.25) is 9.78 Å². The first-order valence-corrected chi connectivity index (χ1v) is 12.9. The van der Waals surface area contributed by atoms with Crippen LogP contribution in [-0.2, 0) is 17.6 Å². The van der Waals surface area contributed by atoms with Crippen LogP contribution >= 0.6 is 0 Å². The molecule has 0 saturated heterocycles. The number of halogens is 2. The predicted molar refractivity (Wildman–Crippen MR) is 156 cm³/mol. The van der Waals surface area contributed by atoms with E-state index in [0.29, 0.717) is 29.0 Å². The van der Waals surface area contributed by atoms with Gasteiger partial charge in [0, 0.05) is 40.5 Å². The molecule has 0 saturated carbocycles. The van der Waals surface area contributed by atoms with Crippen molar-refractivity contribution in [3.63, 3.8) is 0 Å². The molecule has 5 rings (SSSR count). The van der Waals surface area contributed by atoms with Crippen molar-refractivity contribution >= 4 is 23.1 Å². The number of hydrazone groups is 1. The Morgan fingerprint density at radius 2 is 1.88 bits per heavy atom. The number of nitrogens with zero attached hydrogens (tertiary/aromatic N) is 2. The quantitative estimate of drug-likeness (QED) is 0.0596. The number of benzene rings is 3. The molecule has 3 aromatic carbocycles. The fourth-order valence-corrected chi connectivity index (χ4v) is 4.60. The molecule has 7 N–H and O–H groups in total. The molecule has 0 radical (unpaired) electrons. The third-order valence-electron chi connectivity index (χ3n) is 6.54. The highest BCUT2D eigenvalue weighted by Gasteiger charge is 2.19. The van der Waals surface area contributed by atoms with E-state index in [1.165, 1.54) is 17.7 Å². The van der Waals surface area contributed by atoms with E-state index in [4.69, 9.17) is 11.6 Å². The topological polar surface area (TPSA) is 142 Å². The highest BCUT2D eigenvalue weighted by molar-refractivity contribution is 5.98. The Bertz CT molecular complexity index is 1660. The maximum atomic E-state index is 13.6. The molecule has 1 unspecified atom stereocenters. The van der Waals surface area contributed by atoms with Crippen molar-refractivity contribution in [1.82, 2.24) is 15.3 Å². The molecule has 0 aliphatic rings. The molecule has 2 heterocycles. The number of amides is 1. The molecule has 8 nitrogen and oxygen atoms in total. The second-order valence-corrected chi connectivity index (χ2v) is 9.25. The summed E-state index contributed by atoms with van der Waals surface area (Å²) >= 11 is 0. The Morgan fingerprint density at radius 1 is 1.10 bits per heavy atom. The van der Waals surface area contributed by atoms with Gasteiger partial charge >= 0.3 is 0 Å². The van der Waals surface area contributed by atoms with Gasteiger partial charge in [-0.15, -0.1) is 0 Å². The van der Waals surface area contributed by atoms with Crippen LogP contribution < -0.4 is 16.9 Å². The second-order valence-electron chi connectivity index (χ2n) is 9.25. The lowest BCUT2D eigenvalue weighted by Crippen LogP contribution is -2.23. The van der Waals surface area contributed by atoms with Gasteiger partial charge in [0.15, 0.2) is 0 Å². The number of phenolic OH excluding ortho intramolecular Hbond substituents is 1. The lowest BCUT2D eigenvalue weighted by atomic mass is 9.94. The summed E-state index contributed by atoms with van der Waals surface area (Å²) in [5.74, 6) is 4.40. The molecule has 2 aromatic heterocycles. The normalized spacial score (nSPS) is 11.9. The Labute approximate surface area is 235 Å². The highest BCUT2D eigenvalue weighted by Crippen LogP contribution is 2.29. The minimum atomic E-state index is -0.685. The number of aromatic amines is 1. The predicted octanol–water partition coefficient (Wildman–Crippen LogP) is 5.07. The summed E-state index contributed by atoms with van der Waals surface area (Å²) in [6, 6.07) is 18.8. The van der Waals surface area contributed by atoms with E-state index in [1.54, 1.807) is 42.6 Å². The smallest absolute Gasteiger partial charge is 0.207 e. The Kier molecular flexibility index (Phi) is 9.26. The SMILES string of the molecule is CCc1c[nH]c2ccc(O)cc12.N/N=C(\N)c1cccc(-c2cccnc2C(Cc2cc(F)cc(F)c2)NC=O)c1. The second kappa shape index (κ2) is 13.2. The lowest BCUT2D eigenvalue weighted by Gasteiger charge is -2.19. The van der Waals surface area contributed by atoms with E-state index in [1.807, 2.05) is 24.4 Å². The van der Waals surface area contributed by atoms with Gasteiger partial charge in [0.25, 0.3) is 0 Å². The van der Waals surface area contributed by atoms with E-state index in [9.17, 15) is 18.7 Å². The number of nitrogens with two attached hydrogens (primary N) is 2. The number of rotatable bonds is 8. The van der Waals surface area contributed by atoms with Crippen molar-refractivity contribution in [3.8, 4) is 16.9 Å². The Balaban J connectivity index is 0.000000267. The zero-order valence-corrected chi connectivity index (χ0v) is 22.3. The zero-order valence-electron chi connectivity index (χ0n) is 22.3. The number of aromatic nitrogens is 2. The number of hydrogen-bond acceptors (Lipinski definition) is 5. The molecule has 41 heavy (non-hydrogen) atoms. The van der Waals surface area contributed by atoms with Crippen molar-refractivity contribution in [2.24, 2.45) is 16.7 Å². The third-order valence-corrected chi connectivity index (χ3v) is 6.54. The van der Waals surface area contributed by atoms with Gasteiger partial charge in [-0.1, -0.05) is 31.2 Å². The first-order valence-electron chi connectivity index (χ1n) is 12.9.